The Bertz CT molecular complexity index is 722. The van der Waals surface area contributed by atoms with Crippen LogP contribution in [0.25, 0.3) is 11.8 Å². The molecule has 1 aliphatic heterocycles. The van der Waals surface area contributed by atoms with Gasteiger partial charge >= 0.3 is 5.97 Å². The topological polar surface area (TPSA) is 49.3 Å². The van der Waals surface area contributed by atoms with Crippen molar-refractivity contribution in [3.05, 3.63) is 64.7 Å². The van der Waals surface area contributed by atoms with Gasteiger partial charge in [-0.3, -0.25) is 0 Å². The molecule has 0 aromatic heterocycles. The first-order chi connectivity index (χ1) is 9.65. The van der Waals surface area contributed by atoms with Crippen LogP contribution in [-0.4, -0.2) is 11.1 Å². The Hall–Kier alpha value is -2.20. The zero-order chi connectivity index (χ0) is 14.1. The van der Waals surface area contributed by atoms with Gasteiger partial charge in [-0.1, -0.05) is 24.3 Å². The van der Waals surface area contributed by atoms with Gasteiger partial charge in [0.2, 0.25) is 0 Å². The monoisotopic (exact) mass is 283 g/mol. The van der Waals surface area contributed by atoms with E-state index >= 15 is 0 Å². The molecular formula is C16H13NO2S. The third kappa shape index (κ3) is 2.30. The van der Waals surface area contributed by atoms with Crippen molar-refractivity contribution >= 4 is 29.7 Å². The Morgan fingerprint density at radius 2 is 2.00 bits per heavy atom. The van der Waals surface area contributed by atoms with Gasteiger partial charge in [0, 0.05) is 4.90 Å². The van der Waals surface area contributed by atoms with Crippen molar-refractivity contribution in [3.63, 3.8) is 0 Å². The molecule has 0 fully saturated rings. The van der Waals surface area contributed by atoms with Gasteiger partial charge in [-0.15, -0.1) is 0 Å². The average Bonchev–Trinajstić information content (AvgIpc) is 2.46. The van der Waals surface area contributed by atoms with E-state index in [0.29, 0.717) is 5.56 Å². The van der Waals surface area contributed by atoms with Gasteiger partial charge < -0.3 is 9.83 Å². The summed E-state index contributed by atoms with van der Waals surface area (Å²) in [5, 5.41) is 9.06. The third-order valence-corrected chi connectivity index (χ3v) is 4.17. The second-order valence-electron chi connectivity index (χ2n) is 4.63. The standard InChI is InChI=1S/C16H13NO2S/c1-10-8-11(6-7-13(10)16(18)19)14-9-12-4-2-3-5-15(12)20-17-14/h2-9,17H,1H3,(H,18,19). The highest BCUT2D eigenvalue weighted by atomic mass is 32.2. The van der Waals surface area contributed by atoms with Crippen LogP contribution in [0.15, 0.2) is 47.4 Å². The van der Waals surface area contributed by atoms with E-state index in [-0.39, 0.29) is 0 Å². The van der Waals surface area contributed by atoms with Gasteiger partial charge in [-0.2, -0.15) is 0 Å². The van der Waals surface area contributed by atoms with E-state index in [9.17, 15) is 4.79 Å². The molecule has 0 atom stereocenters. The minimum absolute atomic E-state index is 0.346. The van der Waals surface area contributed by atoms with Crippen LogP contribution < -0.4 is 4.72 Å². The van der Waals surface area contributed by atoms with E-state index in [1.165, 1.54) is 10.5 Å². The lowest BCUT2D eigenvalue weighted by Gasteiger charge is -2.18. The normalized spacial score (nSPS) is 13.2. The van der Waals surface area contributed by atoms with E-state index in [1.54, 1.807) is 18.0 Å². The molecule has 0 saturated carbocycles. The van der Waals surface area contributed by atoms with Crippen LogP contribution in [0.2, 0.25) is 0 Å². The fourth-order valence-corrected chi connectivity index (χ4v) is 2.99. The number of fused-ring (bicyclic) bond motifs is 1. The molecule has 20 heavy (non-hydrogen) atoms. The summed E-state index contributed by atoms with van der Waals surface area (Å²) < 4.78 is 3.30. The zero-order valence-corrected chi connectivity index (χ0v) is 11.7. The van der Waals surface area contributed by atoms with Gasteiger partial charge in [0.05, 0.1) is 11.3 Å². The average molecular weight is 283 g/mol. The molecular weight excluding hydrogens is 270 g/mol. The smallest absolute Gasteiger partial charge is 0.335 e. The molecule has 0 bridgehead atoms. The molecule has 0 radical (unpaired) electrons. The summed E-state index contributed by atoms with van der Waals surface area (Å²) in [5.74, 6) is -0.889. The molecule has 3 rings (SSSR count). The van der Waals surface area contributed by atoms with E-state index in [1.807, 2.05) is 31.2 Å². The predicted molar refractivity (Wildman–Crippen MR) is 81.4 cm³/mol. The molecule has 2 aromatic carbocycles. The summed E-state index contributed by atoms with van der Waals surface area (Å²) in [7, 11) is 0. The fourth-order valence-electron chi connectivity index (χ4n) is 2.20. The lowest BCUT2D eigenvalue weighted by atomic mass is 10.0. The summed E-state index contributed by atoms with van der Waals surface area (Å²) in [6.45, 7) is 1.82. The summed E-state index contributed by atoms with van der Waals surface area (Å²) in [6, 6.07) is 13.6. The van der Waals surface area contributed by atoms with Gasteiger partial charge in [0.1, 0.15) is 0 Å². The van der Waals surface area contributed by atoms with Crippen molar-refractivity contribution in [2.24, 2.45) is 0 Å². The Labute approximate surface area is 121 Å². The van der Waals surface area contributed by atoms with Crippen LogP contribution in [0.3, 0.4) is 0 Å². The van der Waals surface area contributed by atoms with E-state index in [0.717, 1.165) is 16.8 Å². The molecule has 100 valence electrons. The van der Waals surface area contributed by atoms with Crippen LogP contribution in [0.5, 0.6) is 0 Å². The summed E-state index contributed by atoms with van der Waals surface area (Å²) in [6.07, 6.45) is 2.08. The largest absolute Gasteiger partial charge is 0.478 e. The second-order valence-corrected chi connectivity index (χ2v) is 5.48. The number of carboxylic acid groups (broad SMARTS) is 1. The first-order valence-electron chi connectivity index (χ1n) is 6.23. The van der Waals surface area contributed by atoms with Crippen LogP contribution in [0, 0.1) is 6.92 Å². The number of nitrogens with one attached hydrogen (secondary N) is 1. The minimum atomic E-state index is -0.889. The highest BCUT2D eigenvalue weighted by Crippen LogP contribution is 2.32. The molecule has 0 unspecified atom stereocenters. The Balaban J connectivity index is 2.01. The number of aromatic carboxylic acids is 1. The highest BCUT2D eigenvalue weighted by molar-refractivity contribution is 7.97. The molecule has 2 aromatic rings. The fraction of sp³-hybridized carbons (Fsp3) is 0.0625. The Morgan fingerprint density at radius 1 is 1.20 bits per heavy atom. The molecule has 1 heterocycles. The van der Waals surface area contributed by atoms with Crippen molar-refractivity contribution < 1.29 is 9.90 Å². The second kappa shape index (κ2) is 5.06. The van der Waals surface area contributed by atoms with Gasteiger partial charge in [0.25, 0.3) is 0 Å². The molecule has 0 amide bonds. The number of hydrogen-bond acceptors (Lipinski definition) is 3. The van der Waals surface area contributed by atoms with Crippen molar-refractivity contribution in [1.29, 1.82) is 0 Å². The maximum Gasteiger partial charge on any atom is 0.335 e. The quantitative estimate of drug-likeness (QED) is 0.823. The van der Waals surface area contributed by atoms with Gasteiger partial charge in [-0.25, -0.2) is 4.79 Å². The number of carbonyl (C=O) groups is 1. The van der Waals surface area contributed by atoms with Crippen LogP contribution in [0.4, 0.5) is 0 Å². The number of carboxylic acids is 1. The first-order valence-corrected chi connectivity index (χ1v) is 7.05. The van der Waals surface area contributed by atoms with Crippen molar-refractivity contribution in [3.8, 4) is 0 Å². The van der Waals surface area contributed by atoms with Crippen molar-refractivity contribution in [2.75, 3.05) is 0 Å². The molecule has 2 N–H and O–H groups in total. The molecule has 0 aliphatic carbocycles. The lowest BCUT2D eigenvalue weighted by molar-refractivity contribution is 0.0696. The van der Waals surface area contributed by atoms with Gasteiger partial charge in [-0.05, 0) is 59.8 Å². The van der Waals surface area contributed by atoms with E-state index < -0.39 is 5.97 Å². The van der Waals surface area contributed by atoms with Crippen LogP contribution >= 0.6 is 11.9 Å². The first kappa shape index (κ1) is 12.8. The summed E-state index contributed by atoms with van der Waals surface area (Å²) in [4.78, 5) is 12.2. The Morgan fingerprint density at radius 3 is 2.75 bits per heavy atom. The zero-order valence-electron chi connectivity index (χ0n) is 10.9. The molecule has 3 nitrogen and oxygen atoms in total. The number of benzene rings is 2. The van der Waals surface area contributed by atoms with E-state index in [2.05, 4.69) is 22.9 Å². The van der Waals surface area contributed by atoms with Crippen LogP contribution in [0.1, 0.15) is 27.0 Å². The van der Waals surface area contributed by atoms with Crippen LogP contribution in [-0.2, 0) is 0 Å². The summed E-state index contributed by atoms with van der Waals surface area (Å²) >= 11 is 1.57. The Kier molecular flexibility index (Phi) is 3.24. The maximum absolute atomic E-state index is 11.0. The minimum Gasteiger partial charge on any atom is -0.478 e. The van der Waals surface area contributed by atoms with Gasteiger partial charge in [0.15, 0.2) is 0 Å². The highest BCUT2D eigenvalue weighted by Gasteiger charge is 2.13. The summed E-state index contributed by atoms with van der Waals surface area (Å²) in [5.41, 5.74) is 4.27. The number of hydrogen-bond donors (Lipinski definition) is 2. The predicted octanol–water partition coefficient (Wildman–Crippen LogP) is 3.80. The maximum atomic E-state index is 11.0. The number of rotatable bonds is 2. The molecule has 0 saturated heterocycles. The van der Waals surface area contributed by atoms with Crippen molar-refractivity contribution in [1.82, 2.24) is 4.72 Å². The van der Waals surface area contributed by atoms with E-state index in [4.69, 9.17) is 5.11 Å². The number of aryl methyl sites for hydroxylation is 1. The SMILES string of the molecule is Cc1cc(C2=Cc3ccccc3SN2)ccc1C(=O)O. The molecule has 4 heteroatoms. The molecule has 1 aliphatic rings. The third-order valence-electron chi connectivity index (χ3n) is 3.26. The lowest BCUT2D eigenvalue weighted by Crippen LogP contribution is -2.08. The molecule has 0 spiro atoms. The van der Waals surface area contributed by atoms with Crippen molar-refractivity contribution in [2.45, 2.75) is 11.8 Å².